The first-order valence-corrected chi connectivity index (χ1v) is 6.24. The van der Waals surface area contributed by atoms with Crippen LogP contribution in [-0.4, -0.2) is 12.6 Å². The van der Waals surface area contributed by atoms with E-state index in [1.54, 1.807) is 13.8 Å². The van der Waals surface area contributed by atoms with E-state index in [0.717, 1.165) is 16.9 Å². The number of carboxylic acid groups (broad SMARTS) is 1. The molecule has 0 aliphatic heterocycles. The number of rotatable bonds is 6. The van der Waals surface area contributed by atoms with Crippen molar-refractivity contribution < 1.29 is 66.0 Å². The molecule has 1 aromatic carbocycles. The quantitative estimate of drug-likeness (QED) is 0.511. The van der Waals surface area contributed by atoms with E-state index in [4.69, 9.17) is 4.74 Å². The van der Waals surface area contributed by atoms with Gasteiger partial charge in [0.05, 0.1) is 6.61 Å². The molecule has 4 heteroatoms. The molecule has 0 aliphatic carbocycles. The number of benzene rings is 1. The maximum atomic E-state index is 10.8. The van der Waals surface area contributed by atoms with Gasteiger partial charge in [0.15, 0.2) is 0 Å². The number of carboxylic acids is 1. The molecule has 1 rings (SSSR count). The van der Waals surface area contributed by atoms with Crippen LogP contribution in [0.2, 0.25) is 0 Å². The number of aryl methyl sites for hydroxylation is 2. The first-order valence-electron chi connectivity index (χ1n) is 6.24. The molecule has 0 atom stereocenters. The Bertz CT molecular complexity index is 427. The summed E-state index contributed by atoms with van der Waals surface area (Å²) in [6.07, 6.45) is 1.26. The van der Waals surface area contributed by atoms with Crippen molar-refractivity contribution >= 4 is 5.97 Å². The van der Waals surface area contributed by atoms with Crippen molar-refractivity contribution in [1.82, 2.24) is 0 Å². The van der Waals surface area contributed by atoms with Crippen LogP contribution in [0.4, 0.5) is 0 Å². The zero-order valence-corrected chi connectivity index (χ0v) is 15.7. The molecule has 100 valence electrons. The first-order chi connectivity index (χ1) is 8.33. The Morgan fingerprint density at radius 2 is 1.95 bits per heavy atom. The Kier molecular flexibility index (Phi) is 8.48. The molecule has 3 nitrogen and oxygen atoms in total. The molecule has 0 spiro atoms. The van der Waals surface area contributed by atoms with Crippen molar-refractivity contribution in [3.63, 3.8) is 0 Å². The Labute approximate surface area is 158 Å². The van der Waals surface area contributed by atoms with Crippen molar-refractivity contribution in [3.8, 4) is 5.75 Å². The molecule has 0 aromatic heterocycles. The van der Waals surface area contributed by atoms with Gasteiger partial charge in [-0.05, 0) is 43.9 Å². The number of aliphatic carboxylic acids is 1. The molecule has 0 radical (unpaired) electrons. The van der Waals surface area contributed by atoms with Crippen LogP contribution in [0.15, 0.2) is 18.2 Å². The molecule has 0 amide bonds. The third kappa shape index (κ3) is 6.41. The molecule has 19 heavy (non-hydrogen) atoms. The molecule has 0 saturated heterocycles. The average Bonchev–Trinajstić information content (AvgIpc) is 2.28. The number of carbonyl (C=O) groups is 1. The fraction of sp³-hybridized carbons (Fsp3) is 0.533. The van der Waals surface area contributed by atoms with Crippen LogP contribution >= 0.6 is 0 Å². The second-order valence-electron chi connectivity index (χ2n) is 5.39. The van der Waals surface area contributed by atoms with Crippen LogP contribution in [0.1, 0.15) is 37.8 Å². The summed E-state index contributed by atoms with van der Waals surface area (Å²) in [4.78, 5) is 10.8. The second-order valence-corrected chi connectivity index (χ2v) is 5.39. The normalized spacial score (nSPS) is 10.7. The minimum Gasteiger partial charge on any atom is -0.550 e. The molecule has 0 unspecified atom stereocenters. The number of hydrogen-bond acceptors (Lipinski definition) is 3. The summed E-state index contributed by atoms with van der Waals surface area (Å²) in [5.74, 6) is -0.129. The molecule has 0 fully saturated rings. The SMILES string of the molecule is Cc1ccc(C)c(OCCCC(C)(C)C(=O)[O-])c1.[K+]. The van der Waals surface area contributed by atoms with E-state index in [1.807, 2.05) is 32.0 Å². The van der Waals surface area contributed by atoms with Crippen LogP contribution in [-0.2, 0) is 4.79 Å². The van der Waals surface area contributed by atoms with E-state index in [2.05, 4.69) is 0 Å². The van der Waals surface area contributed by atoms with Crippen LogP contribution in [0.5, 0.6) is 5.75 Å². The zero-order valence-electron chi connectivity index (χ0n) is 12.6. The van der Waals surface area contributed by atoms with Crippen LogP contribution in [0.3, 0.4) is 0 Å². The summed E-state index contributed by atoms with van der Waals surface area (Å²) in [7, 11) is 0. The Hall–Kier alpha value is 0.126. The summed E-state index contributed by atoms with van der Waals surface area (Å²) in [6, 6.07) is 6.07. The molecular weight excluding hydrogens is 267 g/mol. The molecule has 0 heterocycles. The smallest absolute Gasteiger partial charge is 0.550 e. The number of ether oxygens (including phenoxy) is 1. The molecule has 0 saturated carbocycles. The minimum absolute atomic E-state index is 0. The van der Waals surface area contributed by atoms with Crippen molar-refractivity contribution in [2.45, 2.75) is 40.5 Å². The van der Waals surface area contributed by atoms with E-state index in [-0.39, 0.29) is 51.4 Å². The van der Waals surface area contributed by atoms with Gasteiger partial charge in [0, 0.05) is 11.4 Å². The summed E-state index contributed by atoms with van der Waals surface area (Å²) in [6.45, 7) is 7.91. The van der Waals surface area contributed by atoms with Crippen LogP contribution < -0.4 is 61.2 Å². The fourth-order valence-electron chi connectivity index (χ4n) is 1.66. The molecule has 0 aliphatic rings. The predicted octanol–water partition coefficient (Wildman–Crippen LogP) is -0.757. The molecular formula is C15H21KO3. The number of hydrogen-bond donors (Lipinski definition) is 0. The Balaban J connectivity index is 0.00000324. The summed E-state index contributed by atoms with van der Waals surface area (Å²) >= 11 is 0. The maximum absolute atomic E-state index is 10.8. The molecule has 1 aromatic rings. The zero-order chi connectivity index (χ0) is 13.8. The summed E-state index contributed by atoms with van der Waals surface area (Å²) < 4.78 is 5.68. The molecule has 0 N–H and O–H groups in total. The van der Waals surface area contributed by atoms with E-state index < -0.39 is 11.4 Å². The van der Waals surface area contributed by atoms with Gasteiger partial charge in [0.25, 0.3) is 0 Å². The summed E-state index contributed by atoms with van der Waals surface area (Å²) in [5, 5.41) is 10.8. The Morgan fingerprint density at radius 1 is 1.32 bits per heavy atom. The van der Waals surface area contributed by atoms with Crippen molar-refractivity contribution in [1.29, 1.82) is 0 Å². The largest absolute Gasteiger partial charge is 1.00 e. The van der Waals surface area contributed by atoms with E-state index >= 15 is 0 Å². The van der Waals surface area contributed by atoms with E-state index in [9.17, 15) is 9.90 Å². The second kappa shape index (κ2) is 8.42. The third-order valence-corrected chi connectivity index (χ3v) is 3.10. The standard InChI is InChI=1S/C15H22O3.K/c1-11-6-7-12(2)13(10-11)18-9-5-8-15(3,4)14(16)17;/h6-7,10H,5,8-9H2,1-4H3,(H,16,17);/q;+1/p-1. The van der Waals surface area contributed by atoms with Crippen LogP contribution in [0, 0.1) is 19.3 Å². The topological polar surface area (TPSA) is 49.4 Å². The first kappa shape index (κ1) is 19.1. The van der Waals surface area contributed by atoms with Gasteiger partial charge >= 0.3 is 51.4 Å². The monoisotopic (exact) mass is 288 g/mol. The number of carbonyl (C=O) groups excluding carboxylic acids is 1. The Morgan fingerprint density at radius 3 is 2.53 bits per heavy atom. The summed E-state index contributed by atoms with van der Waals surface area (Å²) in [5.41, 5.74) is 1.47. The van der Waals surface area contributed by atoms with E-state index in [0.29, 0.717) is 19.4 Å². The predicted molar refractivity (Wildman–Crippen MR) is 69.4 cm³/mol. The van der Waals surface area contributed by atoms with Crippen molar-refractivity contribution in [2.24, 2.45) is 5.41 Å². The fourth-order valence-corrected chi connectivity index (χ4v) is 1.66. The maximum Gasteiger partial charge on any atom is 1.00 e. The third-order valence-electron chi connectivity index (χ3n) is 3.10. The van der Waals surface area contributed by atoms with Crippen molar-refractivity contribution in [2.75, 3.05) is 6.61 Å². The molecule has 0 bridgehead atoms. The van der Waals surface area contributed by atoms with Gasteiger partial charge in [0.2, 0.25) is 0 Å². The van der Waals surface area contributed by atoms with Crippen LogP contribution in [0.25, 0.3) is 0 Å². The van der Waals surface area contributed by atoms with Gasteiger partial charge in [-0.3, -0.25) is 0 Å². The van der Waals surface area contributed by atoms with Gasteiger partial charge in [-0.15, -0.1) is 0 Å². The van der Waals surface area contributed by atoms with E-state index in [1.165, 1.54) is 0 Å². The average molecular weight is 288 g/mol. The van der Waals surface area contributed by atoms with Gasteiger partial charge in [-0.2, -0.15) is 0 Å². The minimum atomic E-state index is -1.01. The van der Waals surface area contributed by atoms with Gasteiger partial charge in [-0.1, -0.05) is 26.0 Å². The van der Waals surface area contributed by atoms with Crippen molar-refractivity contribution in [3.05, 3.63) is 29.3 Å². The van der Waals surface area contributed by atoms with Gasteiger partial charge < -0.3 is 14.6 Å². The van der Waals surface area contributed by atoms with Gasteiger partial charge in [-0.25, -0.2) is 0 Å². The van der Waals surface area contributed by atoms with Gasteiger partial charge in [0.1, 0.15) is 5.75 Å².